The van der Waals surface area contributed by atoms with Gasteiger partial charge in [-0.15, -0.1) is 0 Å². The minimum atomic E-state index is 0.694. The number of rotatable bonds is 6. The Hall–Kier alpha value is -7.49. The van der Waals surface area contributed by atoms with Gasteiger partial charge >= 0.3 is 0 Å². The van der Waals surface area contributed by atoms with Gasteiger partial charge in [-0.05, 0) is 107 Å². The van der Waals surface area contributed by atoms with Crippen LogP contribution in [0.5, 0.6) is 0 Å². The molecule has 3 nitrogen and oxygen atoms in total. The number of nitrogens with zero attached hydrogens (tertiary/aromatic N) is 3. The van der Waals surface area contributed by atoms with Gasteiger partial charge in [0.15, 0.2) is 5.82 Å². The highest BCUT2D eigenvalue weighted by molar-refractivity contribution is 6.27. The van der Waals surface area contributed by atoms with E-state index >= 15 is 0 Å². The second kappa shape index (κ2) is 13.1. The fourth-order valence-electron chi connectivity index (χ4n) is 8.35. The molecule has 0 unspecified atom stereocenters. The van der Waals surface area contributed by atoms with Crippen LogP contribution in [0.15, 0.2) is 200 Å². The summed E-state index contributed by atoms with van der Waals surface area (Å²) in [7, 11) is 0. The van der Waals surface area contributed by atoms with E-state index in [4.69, 9.17) is 9.97 Å². The molecule has 0 aliphatic rings. The molecule has 0 saturated carbocycles. The lowest BCUT2D eigenvalue weighted by Crippen LogP contribution is -1.96. The number of benzene rings is 9. The van der Waals surface area contributed by atoms with Gasteiger partial charge in [-0.2, -0.15) is 0 Å². The van der Waals surface area contributed by atoms with Gasteiger partial charge in [0.2, 0.25) is 0 Å². The monoisotopic (exact) mass is 711 g/mol. The Balaban J connectivity index is 1.04. The van der Waals surface area contributed by atoms with Crippen molar-refractivity contribution in [2.24, 2.45) is 0 Å². The first kappa shape index (κ1) is 32.0. The first-order chi connectivity index (χ1) is 27.7. The summed E-state index contributed by atoms with van der Waals surface area (Å²) in [5.74, 6) is 0.694. The van der Waals surface area contributed by atoms with Crippen LogP contribution >= 0.6 is 0 Å². The van der Waals surface area contributed by atoms with Gasteiger partial charge < -0.3 is 0 Å². The summed E-state index contributed by atoms with van der Waals surface area (Å²) < 4.78 is 0. The van der Waals surface area contributed by atoms with Gasteiger partial charge in [0, 0.05) is 29.1 Å². The Bertz CT molecular complexity index is 3230. The summed E-state index contributed by atoms with van der Waals surface area (Å²) in [5, 5.41) is 10.1. The van der Waals surface area contributed by atoms with Crippen molar-refractivity contribution in [3.8, 4) is 67.3 Å². The number of pyridine rings is 1. The Kier molecular flexibility index (Phi) is 7.49. The summed E-state index contributed by atoms with van der Waals surface area (Å²) >= 11 is 0. The molecule has 11 rings (SSSR count). The van der Waals surface area contributed by atoms with Gasteiger partial charge in [-0.3, -0.25) is 4.98 Å². The second-order valence-electron chi connectivity index (χ2n) is 14.4. The average molecular weight is 712 g/mol. The van der Waals surface area contributed by atoms with Gasteiger partial charge in [0.1, 0.15) is 0 Å². The lowest BCUT2D eigenvalue weighted by atomic mass is 9.87. The van der Waals surface area contributed by atoms with E-state index in [1.807, 2.05) is 30.6 Å². The first-order valence-corrected chi connectivity index (χ1v) is 19.0. The Morgan fingerprint density at radius 3 is 1.48 bits per heavy atom. The summed E-state index contributed by atoms with van der Waals surface area (Å²) in [6, 6.07) is 67.4. The number of hydrogen-bond acceptors (Lipinski definition) is 3. The molecular weight excluding hydrogens is 679 g/mol. The molecule has 260 valence electrons. The minimum absolute atomic E-state index is 0.694. The molecule has 9 aromatic carbocycles. The number of aromatic nitrogens is 3. The summed E-state index contributed by atoms with van der Waals surface area (Å²) in [5.41, 5.74) is 11.9. The molecule has 0 atom stereocenters. The van der Waals surface area contributed by atoms with Crippen molar-refractivity contribution in [1.82, 2.24) is 15.0 Å². The van der Waals surface area contributed by atoms with Crippen LogP contribution in [0.2, 0.25) is 0 Å². The maximum atomic E-state index is 5.20. The minimum Gasteiger partial charge on any atom is -0.265 e. The molecule has 2 heterocycles. The van der Waals surface area contributed by atoms with Crippen LogP contribution < -0.4 is 0 Å². The van der Waals surface area contributed by atoms with E-state index in [-0.39, 0.29) is 0 Å². The summed E-state index contributed by atoms with van der Waals surface area (Å²) in [4.78, 5) is 14.5. The fraction of sp³-hybridized carbons (Fsp3) is 0. The first-order valence-electron chi connectivity index (χ1n) is 19.0. The quantitative estimate of drug-likeness (QED) is 0.161. The number of hydrogen-bond donors (Lipinski definition) is 0. The summed E-state index contributed by atoms with van der Waals surface area (Å²) in [6.07, 6.45) is 3.65. The Morgan fingerprint density at radius 1 is 0.286 bits per heavy atom. The van der Waals surface area contributed by atoms with Crippen molar-refractivity contribution in [2.45, 2.75) is 0 Å². The molecule has 0 saturated heterocycles. The van der Waals surface area contributed by atoms with Gasteiger partial charge in [0.05, 0.1) is 11.4 Å². The topological polar surface area (TPSA) is 38.7 Å². The zero-order valence-electron chi connectivity index (χ0n) is 30.4. The second-order valence-corrected chi connectivity index (χ2v) is 14.4. The highest BCUT2D eigenvalue weighted by Crippen LogP contribution is 2.43. The van der Waals surface area contributed by atoms with Crippen LogP contribution in [-0.4, -0.2) is 15.0 Å². The molecule has 0 N–H and O–H groups in total. The van der Waals surface area contributed by atoms with Crippen LogP contribution in [0.1, 0.15) is 0 Å². The van der Waals surface area contributed by atoms with Crippen LogP contribution in [0.25, 0.3) is 110 Å². The largest absolute Gasteiger partial charge is 0.265 e. The fourth-order valence-corrected chi connectivity index (χ4v) is 8.35. The lowest BCUT2D eigenvalue weighted by Gasteiger charge is -2.17. The molecule has 2 aromatic heterocycles. The SMILES string of the molecule is c1ccc(-c2cc(-c3ccc(-c4ccncc4)cc3)nc(-c3cccc(-c4ccc5ccc6c(-c7ccc8ccccc8c7)ccc7ccc4c5c76)c3)n2)cc1. The average Bonchev–Trinajstić information content (AvgIpc) is 3.28. The zero-order valence-corrected chi connectivity index (χ0v) is 30.4. The van der Waals surface area contributed by atoms with E-state index in [9.17, 15) is 0 Å². The highest BCUT2D eigenvalue weighted by Gasteiger charge is 2.17. The normalized spacial score (nSPS) is 11.6. The maximum absolute atomic E-state index is 5.20. The predicted octanol–water partition coefficient (Wildman–Crippen LogP) is 13.9. The molecule has 0 aliphatic carbocycles. The van der Waals surface area contributed by atoms with Gasteiger partial charge in [0.25, 0.3) is 0 Å². The molecule has 56 heavy (non-hydrogen) atoms. The third-order valence-electron chi connectivity index (χ3n) is 11.1. The molecule has 3 heteroatoms. The third-order valence-corrected chi connectivity index (χ3v) is 11.1. The van der Waals surface area contributed by atoms with E-state index in [1.165, 1.54) is 59.8 Å². The van der Waals surface area contributed by atoms with Crippen molar-refractivity contribution < 1.29 is 0 Å². The number of fused-ring (bicyclic) bond motifs is 1. The van der Waals surface area contributed by atoms with Crippen molar-refractivity contribution >= 4 is 43.1 Å². The van der Waals surface area contributed by atoms with Crippen LogP contribution in [0.3, 0.4) is 0 Å². The third kappa shape index (κ3) is 5.49. The maximum Gasteiger partial charge on any atom is 0.160 e. The smallest absolute Gasteiger partial charge is 0.160 e. The highest BCUT2D eigenvalue weighted by atomic mass is 14.9. The van der Waals surface area contributed by atoms with Crippen molar-refractivity contribution in [3.05, 3.63) is 200 Å². The molecule has 0 fully saturated rings. The lowest BCUT2D eigenvalue weighted by molar-refractivity contribution is 1.18. The molecule has 11 aromatic rings. The van der Waals surface area contributed by atoms with E-state index in [2.05, 4.69) is 175 Å². The van der Waals surface area contributed by atoms with Crippen molar-refractivity contribution in [1.29, 1.82) is 0 Å². The molecule has 0 bridgehead atoms. The van der Waals surface area contributed by atoms with E-state index < -0.39 is 0 Å². The Labute approximate surface area is 324 Å². The standard InChI is InChI=1S/C53H33N3/c1-2-8-37(9-3-1)49-33-50(38-16-13-35(14-17-38)36-27-29-54-30-28-36)56-53(55-49)44-12-6-11-42(32-44)45-23-19-39-22-26-48-46(24-20-40-21-25-47(45)51(39)52(40)48)43-18-15-34-7-4-5-10-41(34)31-43/h1-33H. The molecule has 0 radical (unpaired) electrons. The summed E-state index contributed by atoms with van der Waals surface area (Å²) in [6.45, 7) is 0. The van der Waals surface area contributed by atoms with E-state index in [0.29, 0.717) is 5.82 Å². The van der Waals surface area contributed by atoms with E-state index in [0.717, 1.165) is 44.8 Å². The zero-order chi connectivity index (χ0) is 37.0. The molecular formula is C53H33N3. The van der Waals surface area contributed by atoms with Crippen LogP contribution in [0.4, 0.5) is 0 Å². The van der Waals surface area contributed by atoms with Crippen molar-refractivity contribution in [2.75, 3.05) is 0 Å². The van der Waals surface area contributed by atoms with Gasteiger partial charge in [-0.25, -0.2) is 9.97 Å². The Morgan fingerprint density at radius 2 is 0.786 bits per heavy atom. The van der Waals surface area contributed by atoms with Crippen LogP contribution in [-0.2, 0) is 0 Å². The van der Waals surface area contributed by atoms with Gasteiger partial charge in [-0.1, -0.05) is 158 Å². The molecule has 0 amide bonds. The predicted molar refractivity (Wildman–Crippen MR) is 234 cm³/mol. The van der Waals surface area contributed by atoms with Crippen molar-refractivity contribution in [3.63, 3.8) is 0 Å². The van der Waals surface area contributed by atoms with Crippen LogP contribution in [0, 0.1) is 0 Å². The molecule has 0 spiro atoms. The molecule has 0 aliphatic heterocycles. The van der Waals surface area contributed by atoms with E-state index in [1.54, 1.807) is 0 Å².